The van der Waals surface area contributed by atoms with Crippen LogP contribution in [0.5, 0.6) is 0 Å². The number of halogens is 1. The second-order valence-corrected chi connectivity index (χ2v) is 9.15. The number of benzene rings is 2. The molecule has 2 aromatic rings. The topological polar surface area (TPSA) is 79.0 Å². The average Bonchev–Trinajstić information content (AvgIpc) is 2.68. The fourth-order valence-corrected chi connectivity index (χ4v) is 4.60. The summed E-state index contributed by atoms with van der Waals surface area (Å²) in [6.07, 6.45) is 1.06. The number of hydrogen-bond donors (Lipinski definition) is 1. The molecular weight excluding hydrogens is 414 g/mol. The fourth-order valence-electron chi connectivity index (χ4n) is 3.25. The van der Waals surface area contributed by atoms with Gasteiger partial charge >= 0.3 is 0 Å². The molecule has 1 amide bonds. The lowest BCUT2D eigenvalue weighted by Crippen LogP contribution is -2.45. The van der Waals surface area contributed by atoms with Gasteiger partial charge in [-0.25, -0.2) is 8.42 Å². The zero-order chi connectivity index (χ0) is 21.0. The molecule has 9 heteroatoms. The van der Waals surface area contributed by atoms with Gasteiger partial charge in [-0.2, -0.15) is 0 Å². The minimum atomic E-state index is -3.70. The zero-order valence-electron chi connectivity index (χ0n) is 16.3. The van der Waals surface area contributed by atoms with Crippen LogP contribution in [0.25, 0.3) is 0 Å². The van der Waals surface area contributed by atoms with Crippen LogP contribution in [-0.4, -0.2) is 52.9 Å². The molecule has 0 radical (unpaired) electrons. The van der Waals surface area contributed by atoms with Crippen LogP contribution in [0.2, 0.25) is 5.02 Å². The number of anilines is 3. The number of amides is 1. The van der Waals surface area contributed by atoms with Crippen molar-refractivity contribution in [1.82, 2.24) is 0 Å². The SMILES string of the molecule is C[C@H](C(=O)Nc1ccc(N2CCOCC2)cc1)N(c1cccc(Cl)c1)S(C)(=O)=O. The molecule has 0 saturated carbocycles. The number of morpholine rings is 1. The second kappa shape index (κ2) is 9.02. The zero-order valence-corrected chi connectivity index (χ0v) is 17.9. The first-order chi connectivity index (χ1) is 13.8. The largest absolute Gasteiger partial charge is 0.378 e. The average molecular weight is 438 g/mol. The number of carbonyl (C=O) groups is 1. The van der Waals surface area contributed by atoms with E-state index in [1.807, 2.05) is 12.1 Å². The van der Waals surface area contributed by atoms with E-state index in [4.69, 9.17) is 16.3 Å². The number of nitrogens with zero attached hydrogens (tertiary/aromatic N) is 2. The molecule has 1 N–H and O–H groups in total. The Balaban J connectivity index is 1.74. The van der Waals surface area contributed by atoms with Crippen molar-refractivity contribution in [2.45, 2.75) is 13.0 Å². The van der Waals surface area contributed by atoms with Crippen molar-refractivity contribution in [3.8, 4) is 0 Å². The van der Waals surface area contributed by atoms with Crippen LogP contribution < -0.4 is 14.5 Å². The summed E-state index contributed by atoms with van der Waals surface area (Å²) in [7, 11) is -3.70. The van der Waals surface area contributed by atoms with Crippen molar-refractivity contribution in [2.24, 2.45) is 0 Å². The maximum Gasteiger partial charge on any atom is 0.247 e. The summed E-state index contributed by atoms with van der Waals surface area (Å²) in [4.78, 5) is 15.0. The van der Waals surface area contributed by atoms with Gasteiger partial charge in [0.05, 0.1) is 25.2 Å². The first-order valence-corrected chi connectivity index (χ1v) is 11.5. The molecule has 0 unspecified atom stereocenters. The van der Waals surface area contributed by atoms with Gasteiger partial charge in [-0.05, 0) is 49.4 Å². The van der Waals surface area contributed by atoms with Crippen LogP contribution in [0.3, 0.4) is 0 Å². The van der Waals surface area contributed by atoms with Gasteiger partial charge in [0, 0.05) is 29.5 Å². The van der Waals surface area contributed by atoms with Gasteiger partial charge < -0.3 is 15.0 Å². The number of nitrogens with one attached hydrogen (secondary N) is 1. The third kappa shape index (κ3) is 5.41. The highest BCUT2D eigenvalue weighted by Crippen LogP contribution is 2.25. The quantitative estimate of drug-likeness (QED) is 0.751. The van der Waals surface area contributed by atoms with E-state index in [0.29, 0.717) is 29.6 Å². The third-order valence-electron chi connectivity index (χ3n) is 4.66. The van der Waals surface area contributed by atoms with Crippen molar-refractivity contribution in [3.05, 3.63) is 53.6 Å². The van der Waals surface area contributed by atoms with Gasteiger partial charge in [0.2, 0.25) is 15.9 Å². The smallest absolute Gasteiger partial charge is 0.247 e. The minimum absolute atomic E-state index is 0.338. The van der Waals surface area contributed by atoms with Crippen molar-refractivity contribution < 1.29 is 17.9 Å². The number of rotatable bonds is 6. The number of hydrogen-bond acceptors (Lipinski definition) is 5. The first kappa shape index (κ1) is 21.4. The molecule has 0 spiro atoms. The third-order valence-corrected chi connectivity index (χ3v) is 6.14. The summed E-state index contributed by atoms with van der Waals surface area (Å²) in [5.74, 6) is -0.436. The van der Waals surface area contributed by atoms with E-state index in [2.05, 4.69) is 10.2 Å². The van der Waals surface area contributed by atoms with Crippen molar-refractivity contribution in [3.63, 3.8) is 0 Å². The van der Waals surface area contributed by atoms with Crippen LogP contribution in [0, 0.1) is 0 Å². The van der Waals surface area contributed by atoms with E-state index in [-0.39, 0.29) is 0 Å². The van der Waals surface area contributed by atoms with E-state index < -0.39 is 22.0 Å². The van der Waals surface area contributed by atoms with Crippen LogP contribution in [0.15, 0.2) is 48.5 Å². The molecule has 2 aromatic carbocycles. The van der Waals surface area contributed by atoms with Crippen molar-refractivity contribution >= 4 is 44.6 Å². The minimum Gasteiger partial charge on any atom is -0.378 e. The van der Waals surface area contributed by atoms with Crippen molar-refractivity contribution in [2.75, 3.05) is 47.1 Å². The predicted molar refractivity (Wildman–Crippen MR) is 116 cm³/mol. The molecule has 3 rings (SSSR count). The predicted octanol–water partition coefficient (Wildman–Crippen LogP) is 2.97. The Labute approximate surface area is 176 Å². The molecule has 1 saturated heterocycles. The Bertz CT molecular complexity index is 960. The molecule has 1 fully saturated rings. The van der Waals surface area contributed by atoms with Crippen LogP contribution in [0.4, 0.5) is 17.1 Å². The van der Waals surface area contributed by atoms with Gasteiger partial charge in [-0.1, -0.05) is 17.7 Å². The summed E-state index contributed by atoms with van der Waals surface area (Å²) < 4.78 is 31.1. The highest BCUT2D eigenvalue weighted by molar-refractivity contribution is 7.92. The number of carbonyl (C=O) groups excluding carboxylic acids is 1. The molecule has 1 heterocycles. The maximum atomic E-state index is 12.8. The summed E-state index contributed by atoms with van der Waals surface area (Å²) in [5, 5.41) is 3.18. The standard InChI is InChI=1S/C20H24ClN3O4S/c1-15(24(29(2,26)27)19-5-3-4-16(21)14-19)20(25)22-17-6-8-18(9-7-17)23-10-12-28-13-11-23/h3-9,14-15H,10-13H2,1-2H3,(H,22,25)/t15-/m1/s1. The second-order valence-electron chi connectivity index (χ2n) is 6.85. The summed E-state index contributed by atoms with van der Waals surface area (Å²) in [6.45, 7) is 4.58. The van der Waals surface area contributed by atoms with Gasteiger partial charge in [0.25, 0.3) is 0 Å². The summed E-state index contributed by atoms with van der Waals surface area (Å²) >= 11 is 6.00. The van der Waals surface area contributed by atoms with Gasteiger partial charge in [-0.15, -0.1) is 0 Å². The van der Waals surface area contributed by atoms with Crippen LogP contribution >= 0.6 is 11.6 Å². The molecule has 156 valence electrons. The van der Waals surface area contributed by atoms with Gasteiger partial charge in [0.1, 0.15) is 6.04 Å². The Hall–Kier alpha value is -2.29. The lowest BCUT2D eigenvalue weighted by Gasteiger charge is -2.29. The van der Waals surface area contributed by atoms with Crippen molar-refractivity contribution in [1.29, 1.82) is 0 Å². The molecule has 0 aromatic heterocycles. The lowest BCUT2D eigenvalue weighted by atomic mass is 10.2. The highest BCUT2D eigenvalue weighted by Gasteiger charge is 2.29. The molecular formula is C20H24ClN3O4S. The van der Waals surface area contributed by atoms with Crippen LogP contribution in [-0.2, 0) is 19.6 Å². The Morgan fingerprint density at radius 1 is 1.17 bits per heavy atom. The molecule has 29 heavy (non-hydrogen) atoms. The number of sulfonamides is 1. The molecule has 7 nitrogen and oxygen atoms in total. The van der Waals surface area contributed by atoms with E-state index in [9.17, 15) is 13.2 Å². The van der Waals surface area contributed by atoms with E-state index in [1.165, 1.54) is 6.07 Å². The molecule has 1 aliphatic heterocycles. The normalized spacial score (nSPS) is 15.6. The monoisotopic (exact) mass is 437 g/mol. The maximum absolute atomic E-state index is 12.8. The molecule has 0 aliphatic carbocycles. The van der Waals surface area contributed by atoms with Gasteiger partial charge in [0.15, 0.2) is 0 Å². The van der Waals surface area contributed by atoms with E-state index in [0.717, 1.165) is 29.3 Å². The number of ether oxygens (including phenoxy) is 1. The fraction of sp³-hybridized carbons (Fsp3) is 0.350. The molecule has 1 atom stereocenters. The van der Waals surface area contributed by atoms with Gasteiger partial charge in [-0.3, -0.25) is 9.10 Å². The molecule has 0 bridgehead atoms. The summed E-state index contributed by atoms with van der Waals surface area (Å²) in [6, 6.07) is 12.9. The lowest BCUT2D eigenvalue weighted by molar-refractivity contribution is -0.116. The van der Waals surface area contributed by atoms with E-state index >= 15 is 0 Å². The molecule has 1 aliphatic rings. The Kier molecular flexibility index (Phi) is 6.66. The summed E-state index contributed by atoms with van der Waals surface area (Å²) in [5.41, 5.74) is 1.99. The Morgan fingerprint density at radius 3 is 2.41 bits per heavy atom. The first-order valence-electron chi connectivity index (χ1n) is 9.24. The van der Waals surface area contributed by atoms with Crippen LogP contribution in [0.1, 0.15) is 6.92 Å². The highest BCUT2D eigenvalue weighted by atomic mass is 35.5. The van der Waals surface area contributed by atoms with E-state index in [1.54, 1.807) is 37.3 Å². The Morgan fingerprint density at radius 2 is 1.83 bits per heavy atom.